The Labute approximate surface area is 119 Å². The molecule has 0 heterocycles. The third-order valence-corrected chi connectivity index (χ3v) is 3.29. The third kappa shape index (κ3) is 7.08. The van der Waals surface area contributed by atoms with Crippen LogP contribution in [0.2, 0.25) is 0 Å². The van der Waals surface area contributed by atoms with Gasteiger partial charge in [-0.2, -0.15) is 11.8 Å². The van der Waals surface area contributed by atoms with Crippen molar-refractivity contribution in [3.8, 4) is 5.75 Å². The third-order valence-electron chi connectivity index (χ3n) is 2.59. The Morgan fingerprint density at radius 1 is 1.37 bits per heavy atom. The molecule has 106 valence electrons. The van der Waals surface area contributed by atoms with Crippen molar-refractivity contribution in [1.82, 2.24) is 5.32 Å². The van der Waals surface area contributed by atoms with E-state index >= 15 is 0 Å². The molecule has 0 unspecified atom stereocenters. The van der Waals surface area contributed by atoms with Crippen LogP contribution in [0.15, 0.2) is 24.3 Å². The number of anilines is 1. The number of carbonyl (C=O) groups excluding carboxylic acids is 1. The number of nitrogens with one attached hydrogen (secondary N) is 2. The molecule has 0 spiro atoms. The van der Waals surface area contributed by atoms with Crippen molar-refractivity contribution in [3.63, 3.8) is 0 Å². The highest BCUT2D eigenvalue weighted by molar-refractivity contribution is 7.98. The predicted octanol–water partition coefficient (Wildman–Crippen LogP) is 2.37. The van der Waals surface area contributed by atoms with Crippen LogP contribution in [-0.2, 0) is 4.79 Å². The number of amides is 1. The molecule has 0 aliphatic rings. The SMILES string of the molecule is COc1cccc(NC(=O)CNCCCCSC)c1. The molecule has 0 aliphatic heterocycles. The summed E-state index contributed by atoms with van der Waals surface area (Å²) in [6, 6.07) is 7.35. The Kier molecular flexibility index (Phi) is 8.09. The van der Waals surface area contributed by atoms with E-state index in [1.165, 1.54) is 12.2 Å². The number of hydrogen-bond acceptors (Lipinski definition) is 4. The fraction of sp³-hybridized carbons (Fsp3) is 0.500. The highest BCUT2D eigenvalue weighted by Crippen LogP contribution is 2.16. The predicted molar refractivity (Wildman–Crippen MR) is 82.1 cm³/mol. The van der Waals surface area contributed by atoms with E-state index in [2.05, 4.69) is 16.9 Å². The highest BCUT2D eigenvalue weighted by Gasteiger charge is 2.02. The van der Waals surface area contributed by atoms with Crippen molar-refractivity contribution in [3.05, 3.63) is 24.3 Å². The molecular formula is C14H22N2O2S. The van der Waals surface area contributed by atoms with Gasteiger partial charge in [0.1, 0.15) is 5.75 Å². The summed E-state index contributed by atoms with van der Waals surface area (Å²) >= 11 is 1.85. The minimum atomic E-state index is -0.0295. The summed E-state index contributed by atoms with van der Waals surface area (Å²) in [4.78, 5) is 11.7. The number of methoxy groups -OCH3 is 1. The molecule has 0 bridgehead atoms. The summed E-state index contributed by atoms with van der Waals surface area (Å²) in [6.45, 7) is 1.22. The first-order valence-corrected chi connectivity index (χ1v) is 7.79. The summed E-state index contributed by atoms with van der Waals surface area (Å²) in [6.07, 6.45) is 4.40. The summed E-state index contributed by atoms with van der Waals surface area (Å²) in [5.41, 5.74) is 0.758. The second kappa shape index (κ2) is 9.69. The minimum Gasteiger partial charge on any atom is -0.497 e. The van der Waals surface area contributed by atoms with Crippen LogP contribution in [0.5, 0.6) is 5.75 Å². The Hall–Kier alpha value is -1.20. The Bertz CT molecular complexity index is 385. The second-order valence-electron chi connectivity index (χ2n) is 4.16. The molecule has 19 heavy (non-hydrogen) atoms. The molecular weight excluding hydrogens is 260 g/mol. The van der Waals surface area contributed by atoms with E-state index < -0.39 is 0 Å². The standard InChI is InChI=1S/C14H22N2O2S/c1-18-13-7-5-6-12(10-13)16-14(17)11-15-8-3-4-9-19-2/h5-7,10,15H,3-4,8-9,11H2,1-2H3,(H,16,17). The van der Waals surface area contributed by atoms with E-state index in [4.69, 9.17) is 4.74 Å². The molecule has 0 atom stereocenters. The number of hydrogen-bond donors (Lipinski definition) is 2. The van der Waals surface area contributed by atoms with Gasteiger partial charge in [-0.05, 0) is 43.5 Å². The van der Waals surface area contributed by atoms with Crippen LogP contribution in [0.1, 0.15) is 12.8 Å². The van der Waals surface area contributed by atoms with E-state index in [1.54, 1.807) is 13.2 Å². The minimum absolute atomic E-state index is 0.0295. The first-order valence-electron chi connectivity index (χ1n) is 6.40. The number of ether oxygens (including phenoxy) is 1. The first kappa shape index (κ1) is 15.9. The zero-order valence-electron chi connectivity index (χ0n) is 11.6. The number of benzene rings is 1. The lowest BCUT2D eigenvalue weighted by Gasteiger charge is -2.08. The van der Waals surface area contributed by atoms with E-state index in [-0.39, 0.29) is 5.91 Å². The van der Waals surface area contributed by atoms with Crippen LogP contribution in [-0.4, -0.2) is 38.1 Å². The number of carbonyl (C=O) groups is 1. The molecule has 2 N–H and O–H groups in total. The summed E-state index contributed by atoms with van der Waals surface area (Å²) in [7, 11) is 1.61. The van der Waals surface area contributed by atoms with Crippen LogP contribution in [0.25, 0.3) is 0 Å². The maximum absolute atomic E-state index is 11.7. The quantitative estimate of drug-likeness (QED) is 0.683. The van der Waals surface area contributed by atoms with Gasteiger partial charge in [0.05, 0.1) is 13.7 Å². The van der Waals surface area contributed by atoms with Gasteiger partial charge >= 0.3 is 0 Å². The van der Waals surface area contributed by atoms with E-state index in [9.17, 15) is 4.79 Å². The topological polar surface area (TPSA) is 50.4 Å². The van der Waals surface area contributed by atoms with E-state index in [1.807, 2.05) is 30.0 Å². The number of rotatable bonds is 9. The van der Waals surface area contributed by atoms with Gasteiger partial charge in [-0.25, -0.2) is 0 Å². The molecule has 0 fully saturated rings. The van der Waals surface area contributed by atoms with Gasteiger partial charge in [0.25, 0.3) is 0 Å². The van der Waals surface area contributed by atoms with Crippen LogP contribution in [0, 0.1) is 0 Å². The Morgan fingerprint density at radius 2 is 2.21 bits per heavy atom. The molecule has 0 aliphatic carbocycles. The fourth-order valence-electron chi connectivity index (χ4n) is 1.60. The van der Waals surface area contributed by atoms with Crippen LogP contribution in [0.3, 0.4) is 0 Å². The lowest BCUT2D eigenvalue weighted by atomic mass is 10.3. The average molecular weight is 282 g/mol. The van der Waals surface area contributed by atoms with E-state index in [0.29, 0.717) is 6.54 Å². The lowest BCUT2D eigenvalue weighted by molar-refractivity contribution is -0.115. The van der Waals surface area contributed by atoms with Gasteiger partial charge in [0.2, 0.25) is 5.91 Å². The molecule has 0 aromatic heterocycles. The monoisotopic (exact) mass is 282 g/mol. The van der Waals surface area contributed by atoms with E-state index in [0.717, 1.165) is 24.4 Å². The van der Waals surface area contributed by atoms with Crippen LogP contribution in [0.4, 0.5) is 5.69 Å². The smallest absolute Gasteiger partial charge is 0.238 e. The van der Waals surface area contributed by atoms with Gasteiger partial charge < -0.3 is 15.4 Å². The maximum Gasteiger partial charge on any atom is 0.238 e. The van der Waals surface area contributed by atoms with Gasteiger partial charge in [-0.15, -0.1) is 0 Å². The number of unbranched alkanes of at least 4 members (excludes halogenated alkanes) is 1. The molecule has 5 heteroatoms. The summed E-state index contributed by atoms with van der Waals surface area (Å²) in [5.74, 6) is 1.89. The molecule has 1 rings (SSSR count). The molecule has 0 saturated carbocycles. The van der Waals surface area contributed by atoms with Gasteiger partial charge in [0.15, 0.2) is 0 Å². The summed E-state index contributed by atoms with van der Waals surface area (Å²) in [5, 5.41) is 5.97. The molecule has 1 aromatic carbocycles. The summed E-state index contributed by atoms with van der Waals surface area (Å²) < 4.78 is 5.10. The highest BCUT2D eigenvalue weighted by atomic mass is 32.2. The lowest BCUT2D eigenvalue weighted by Crippen LogP contribution is -2.28. The van der Waals surface area contributed by atoms with Gasteiger partial charge in [-0.3, -0.25) is 4.79 Å². The van der Waals surface area contributed by atoms with Gasteiger partial charge in [0, 0.05) is 11.8 Å². The molecule has 1 aromatic rings. The average Bonchev–Trinajstić information content (AvgIpc) is 2.43. The molecule has 0 radical (unpaired) electrons. The van der Waals surface area contributed by atoms with Crippen molar-refractivity contribution in [2.24, 2.45) is 0 Å². The van der Waals surface area contributed by atoms with Crippen molar-refractivity contribution < 1.29 is 9.53 Å². The zero-order valence-corrected chi connectivity index (χ0v) is 12.4. The van der Waals surface area contributed by atoms with Crippen LogP contribution < -0.4 is 15.4 Å². The number of thioether (sulfide) groups is 1. The molecule has 4 nitrogen and oxygen atoms in total. The van der Waals surface area contributed by atoms with Crippen molar-refractivity contribution >= 4 is 23.4 Å². The van der Waals surface area contributed by atoms with Crippen molar-refractivity contribution in [1.29, 1.82) is 0 Å². The largest absolute Gasteiger partial charge is 0.497 e. The second-order valence-corrected chi connectivity index (χ2v) is 5.14. The fourth-order valence-corrected chi connectivity index (χ4v) is 2.10. The van der Waals surface area contributed by atoms with Crippen molar-refractivity contribution in [2.45, 2.75) is 12.8 Å². The normalized spacial score (nSPS) is 10.2. The van der Waals surface area contributed by atoms with Crippen molar-refractivity contribution in [2.75, 3.05) is 37.5 Å². The Balaban J connectivity index is 2.19. The Morgan fingerprint density at radius 3 is 2.95 bits per heavy atom. The maximum atomic E-state index is 11.7. The van der Waals surface area contributed by atoms with Gasteiger partial charge in [-0.1, -0.05) is 6.07 Å². The molecule has 0 saturated heterocycles. The molecule has 1 amide bonds. The first-order chi connectivity index (χ1) is 9.26. The zero-order chi connectivity index (χ0) is 13.9. The van der Waals surface area contributed by atoms with Crippen LogP contribution >= 0.6 is 11.8 Å².